The third kappa shape index (κ3) is 2.30. The molecule has 0 bridgehead atoms. The van der Waals surface area contributed by atoms with Crippen molar-refractivity contribution in [2.75, 3.05) is 7.11 Å². The molecule has 0 saturated carbocycles. The zero-order chi connectivity index (χ0) is 18.3. The minimum Gasteiger partial charge on any atom is -0.497 e. The van der Waals surface area contributed by atoms with Crippen LogP contribution in [0, 0.1) is 11.3 Å². The van der Waals surface area contributed by atoms with Gasteiger partial charge in [0, 0.05) is 5.39 Å². The van der Waals surface area contributed by atoms with E-state index in [9.17, 15) is 10.1 Å². The van der Waals surface area contributed by atoms with Crippen LogP contribution < -0.4 is 20.8 Å². The highest BCUT2D eigenvalue weighted by molar-refractivity contribution is 5.87. The van der Waals surface area contributed by atoms with Gasteiger partial charge < -0.3 is 20.2 Å². The summed E-state index contributed by atoms with van der Waals surface area (Å²) in [7, 11) is 1.56. The average molecular weight is 345 g/mol. The Morgan fingerprint density at radius 2 is 2.04 bits per heavy atom. The number of nitrogens with one attached hydrogen (secondary N) is 1. The Labute approximate surface area is 149 Å². The number of allylic oxidation sites excluding steroid dienone is 1. The molecule has 3 N–H and O–H groups in total. The molecule has 26 heavy (non-hydrogen) atoms. The summed E-state index contributed by atoms with van der Waals surface area (Å²) in [5.74, 6) is 0.382. The van der Waals surface area contributed by atoms with E-state index >= 15 is 0 Å². The summed E-state index contributed by atoms with van der Waals surface area (Å²) >= 11 is 0. The maximum Gasteiger partial charge on any atom is 0.256 e. The zero-order valence-electron chi connectivity index (χ0n) is 13.9. The third-order valence-electron chi connectivity index (χ3n) is 4.51. The van der Waals surface area contributed by atoms with Gasteiger partial charge in [0.05, 0.1) is 24.1 Å². The highest BCUT2D eigenvalue weighted by Gasteiger charge is 2.34. The number of aromatic nitrogens is 1. The van der Waals surface area contributed by atoms with Gasteiger partial charge in [-0.1, -0.05) is 24.3 Å². The van der Waals surface area contributed by atoms with Gasteiger partial charge in [0.25, 0.3) is 5.56 Å². The Morgan fingerprint density at radius 1 is 1.23 bits per heavy atom. The second-order valence-corrected chi connectivity index (χ2v) is 5.94. The quantitative estimate of drug-likeness (QED) is 0.744. The summed E-state index contributed by atoms with van der Waals surface area (Å²) in [6.07, 6.45) is 0. The fourth-order valence-corrected chi connectivity index (χ4v) is 3.33. The van der Waals surface area contributed by atoms with E-state index < -0.39 is 5.92 Å². The molecule has 6 heteroatoms. The number of H-pyrrole nitrogens is 1. The van der Waals surface area contributed by atoms with Crippen LogP contribution >= 0.6 is 0 Å². The zero-order valence-corrected chi connectivity index (χ0v) is 13.9. The number of methoxy groups -OCH3 is 1. The van der Waals surface area contributed by atoms with Gasteiger partial charge in [-0.2, -0.15) is 5.26 Å². The van der Waals surface area contributed by atoms with E-state index in [1.807, 2.05) is 30.3 Å². The molecule has 0 amide bonds. The second kappa shape index (κ2) is 5.97. The van der Waals surface area contributed by atoms with Gasteiger partial charge in [-0.05, 0) is 29.8 Å². The maximum absolute atomic E-state index is 12.8. The molecule has 2 aromatic carbocycles. The van der Waals surface area contributed by atoms with Crippen LogP contribution in [-0.2, 0) is 0 Å². The number of nitriles is 1. The molecule has 6 nitrogen and oxygen atoms in total. The average Bonchev–Trinajstić information content (AvgIpc) is 2.67. The Kier molecular flexibility index (Phi) is 3.63. The molecule has 0 aliphatic carbocycles. The monoisotopic (exact) mass is 345 g/mol. The highest BCUT2D eigenvalue weighted by Crippen LogP contribution is 2.43. The van der Waals surface area contributed by atoms with Crippen LogP contribution in [0.4, 0.5) is 0 Å². The minimum absolute atomic E-state index is 0.00331. The van der Waals surface area contributed by atoms with Crippen molar-refractivity contribution in [1.82, 2.24) is 4.98 Å². The molecular formula is C20H15N3O3. The van der Waals surface area contributed by atoms with Crippen LogP contribution in [0.5, 0.6) is 11.5 Å². The standard InChI is InChI=1S/C20H15N3O3/c1-25-12-6-4-5-11(9-12)16-14(10-21)19(22)26-18-13-7-2-3-8-15(13)23-20(24)17(16)18/h2-9,16H,22H2,1H3,(H,23,24)/t16-/m0/s1. The normalized spacial score (nSPS) is 15.9. The van der Waals surface area contributed by atoms with Crippen LogP contribution in [0.25, 0.3) is 10.9 Å². The van der Waals surface area contributed by atoms with E-state index in [0.29, 0.717) is 22.6 Å². The lowest BCUT2D eigenvalue weighted by Gasteiger charge is -2.26. The Bertz CT molecular complexity index is 1150. The van der Waals surface area contributed by atoms with Crippen molar-refractivity contribution < 1.29 is 9.47 Å². The van der Waals surface area contributed by atoms with Crippen molar-refractivity contribution in [1.29, 1.82) is 5.26 Å². The largest absolute Gasteiger partial charge is 0.497 e. The first-order chi connectivity index (χ1) is 12.6. The van der Waals surface area contributed by atoms with Gasteiger partial charge in [0.2, 0.25) is 5.88 Å². The summed E-state index contributed by atoms with van der Waals surface area (Å²) in [4.78, 5) is 15.7. The van der Waals surface area contributed by atoms with Crippen LogP contribution in [0.1, 0.15) is 17.0 Å². The number of ether oxygens (including phenoxy) is 2. The maximum atomic E-state index is 12.8. The molecule has 0 fully saturated rings. The number of aromatic amines is 1. The number of para-hydroxylation sites is 1. The molecule has 4 rings (SSSR count). The van der Waals surface area contributed by atoms with Gasteiger partial charge in [0.15, 0.2) is 0 Å². The number of hydrogen-bond acceptors (Lipinski definition) is 5. The Morgan fingerprint density at radius 3 is 2.81 bits per heavy atom. The topological polar surface area (TPSA) is 101 Å². The van der Waals surface area contributed by atoms with Crippen molar-refractivity contribution in [3.63, 3.8) is 0 Å². The van der Waals surface area contributed by atoms with Crippen LogP contribution in [0.2, 0.25) is 0 Å². The molecule has 1 atom stereocenters. The van der Waals surface area contributed by atoms with Crippen molar-refractivity contribution in [3.05, 3.63) is 81.5 Å². The summed E-state index contributed by atoms with van der Waals surface area (Å²) in [5.41, 5.74) is 7.66. The Hall–Kier alpha value is -3.72. The van der Waals surface area contributed by atoms with Gasteiger partial charge in [-0.25, -0.2) is 0 Å². The third-order valence-corrected chi connectivity index (χ3v) is 4.51. The molecule has 2 heterocycles. The first-order valence-electron chi connectivity index (χ1n) is 8.00. The lowest BCUT2D eigenvalue weighted by atomic mass is 9.83. The van der Waals surface area contributed by atoms with Gasteiger partial charge in [0.1, 0.15) is 23.1 Å². The smallest absolute Gasteiger partial charge is 0.256 e. The van der Waals surface area contributed by atoms with Gasteiger partial charge >= 0.3 is 0 Å². The minimum atomic E-state index is -0.632. The number of fused-ring (bicyclic) bond motifs is 3. The van der Waals surface area contributed by atoms with E-state index in [1.54, 1.807) is 25.3 Å². The number of nitrogens with zero attached hydrogens (tertiary/aromatic N) is 1. The number of nitrogens with two attached hydrogens (primary N) is 1. The van der Waals surface area contributed by atoms with E-state index in [1.165, 1.54) is 0 Å². The molecule has 0 unspecified atom stereocenters. The van der Waals surface area contributed by atoms with E-state index in [4.69, 9.17) is 15.2 Å². The van der Waals surface area contributed by atoms with Crippen molar-refractivity contribution in [2.45, 2.75) is 5.92 Å². The predicted octanol–water partition coefficient (Wildman–Crippen LogP) is 2.75. The van der Waals surface area contributed by atoms with E-state index in [2.05, 4.69) is 11.1 Å². The second-order valence-electron chi connectivity index (χ2n) is 5.94. The van der Waals surface area contributed by atoms with Crippen LogP contribution in [0.3, 0.4) is 0 Å². The lowest BCUT2D eigenvalue weighted by molar-refractivity contribution is 0.396. The van der Waals surface area contributed by atoms with Crippen molar-refractivity contribution in [2.24, 2.45) is 5.73 Å². The number of benzene rings is 2. The van der Waals surface area contributed by atoms with Crippen LogP contribution in [0.15, 0.2) is 64.8 Å². The summed E-state index contributed by atoms with van der Waals surface area (Å²) in [6.45, 7) is 0. The van der Waals surface area contributed by atoms with Gasteiger partial charge in [-0.3, -0.25) is 4.79 Å². The molecule has 1 aromatic heterocycles. The molecule has 1 aliphatic rings. The van der Waals surface area contributed by atoms with Gasteiger partial charge in [-0.15, -0.1) is 0 Å². The number of hydrogen-bond donors (Lipinski definition) is 2. The fraction of sp³-hybridized carbons (Fsp3) is 0.100. The molecule has 0 radical (unpaired) electrons. The lowest BCUT2D eigenvalue weighted by Crippen LogP contribution is -2.27. The number of rotatable bonds is 2. The highest BCUT2D eigenvalue weighted by atomic mass is 16.5. The summed E-state index contributed by atoms with van der Waals surface area (Å²) in [6, 6.07) is 16.6. The fourth-order valence-electron chi connectivity index (χ4n) is 3.33. The molecule has 3 aromatic rings. The predicted molar refractivity (Wildman–Crippen MR) is 96.9 cm³/mol. The molecule has 128 valence electrons. The molecule has 0 saturated heterocycles. The SMILES string of the molecule is COc1cccc([C@H]2C(C#N)=C(N)Oc3c2c(=O)[nH]c2ccccc32)c1. The summed E-state index contributed by atoms with van der Waals surface area (Å²) in [5, 5.41) is 10.4. The first-order valence-corrected chi connectivity index (χ1v) is 8.00. The van der Waals surface area contributed by atoms with E-state index in [-0.39, 0.29) is 17.0 Å². The molecular weight excluding hydrogens is 330 g/mol. The molecule has 0 spiro atoms. The van der Waals surface area contributed by atoms with Crippen molar-refractivity contribution >= 4 is 10.9 Å². The van der Waals surface area contributed by atoms with E-state index in [0.717, 1.165) is 10.9 Å². The number of pyridine rings is 1. The van der Waals surface area contributed by atoms with Crippen molar-refractivity contribution in [3.8, 4) is 17.6 Å². The Balaban J connectivity index is 2.07. The molecule has 1 aliphatic heterocycles. The first kappa shape index (κ1) is 15.8. The summed E-state index contributed by atoms with van der Waals surface area (Å²) < 4.78 is 11.0. The van der Waals surface area contributed by atoms with Crippen LogP contribution in [-0.4, -0.2) is 12.1 Å².